The molecule has 0 saturated carbocycles. The second-order valence-electron chi connectivity index (χ2n) is 3.06. The quantitative estimate of drug-likeness (QED) is 0.839. The van der Waals surface area contributed by atoms with Crippen LogP contribution < -0.4 is 10.1 Å². The molecule has 94 valence electrons. The second-order valence-corrected chi connectivity index (χ2v) is 3.06. The van der Waals surface area contributed by atoms with E-state index < -0.39 is 29.8 Å². The van der Waals surface area contributed by atoms with Gasteiger partial charge in [-0.1, -0.05) is 12.1 Å². The molecule has 0 aliphatic carbocycles. The van der Waals surface area contributed by atoms with Crippen molar-refractivity contribution in [2.75, 3.05) is 7.05 Å². The minimum absolute atomic E-state index is 0.600. The third-order valence-corrected chi connectivity index (χ3v) is 1.93. The number of benzene rings is 1. The van der Waals surface area contributed by atoms with Crippen LogP contribution in [0.2, 0.25) is 0 Å². The fourth-order valence-electron chi connectivity index (χ4n) is 1.10. The number of hydrogen-bond acceptors (Lipinski definition) is 2. The minimum Gasteiger partial charge on any atom is -0.410 e. The Morgan fingerprint density at radius 1 is 1.35 bits per heavy atom. The van der Waals surface area contributed by atoms with Crippen molar-refractivity contribution in [2.24, 2.45) is 0 Å². The molecule has 0 fully saturated rings. The van der Waals surface area contributed by atoms with Crippen molar-refractivity contribution in [2.45, 2.75) is 12.3 Å². The SMILES string of the molecule is CNC(=O)Oc1ccccc1C(F)(F)C(F)F. The first-order chi connectivity index (χ1) is 7.89. The van der Waals surface area contributed by atoms with E-state index in [2.05, 4.69) is 4.74 Å². The molecule has 0 saturated heterocycles. The van der Waals surface area contributed by atoms with Crippen molar-refractivity contribution >= 4 is 6.09 Å². The lowest BCUT2D eigenvalue weighted by Crippen LogP contribution is -2.27. The maximum atomic E-state index is 13.1. The molecule has 7 heteroatoms. The number of carbonyl (C=O) groups is 1. The Morgan fingerprint density at radius 3 is 2.47 bits per heavy atom. The lowest BCUT2D eigenvalue weighted by atomic mass is 10.1. The van der Waals surface area contributed by atoms with Gasteiger partial charge < -0.3 is 10.1 Å². The van der Waals surface area contributed by atoms with E-state index in [-0.39, 0.29) is 0 Å². The molecule has 1 N–H and O–H groups in total. The molecule has 0 radical (unpaired) electrons. The first-order valence-corrected chi connectivity index (χ1v) is 4.54. The fraction of sp³-hybridized carbons (Fsp3) is 0.300. The van der Waals surface area contributed by atoms with Crippen LogP contribution in [0.4, 0.5) is 22.4 Å². The van der Waals surface area contributed by atoms with Gasteiger partial charge in [0.05, 0.1) is 5.56 Å². The molecule has 1 rings (SSSR count). The van der Waals surface area contributed by atoms with Crippen LogP contribution in [-0.2, 0) is 5.92 Å². The number of hydrogen-bond donors (Lipinski definition) is 1. The van der Waals surface area contributed by atoms with Gasteiger partial charge in [0.2, 0.25) is 0 Å². The van der Waals surface area contributed by atoms with Gasteiger partial charge in [0.25, 0.3) is 0 Å². The van der Waals surface area contributed by atoms with Gasteiger partial charge in [0, 0.05) is 7.05 Å². The van der Waals surface area contributed by atoms with Crippen molar-refractivity contribution in [1.82, 2.24) is 5.32 Å². The first-order valence-electron chi connectivity index (χ1n) is 4.54. The van der Waals surface area contributed by atoms with Crippen molar-refractivity contribution in [3.05, 3.63) is 29.8 Å². The smallest absolute Gasteiger partial charge is 0.410 e. The molecule has 0 bridgehead atoms. The largest absolute Gasteiger partial charge is 0.412 e. The Kier molecular flexibility index (Phi) is 3.93. The van der Waals surface area contributed by atoms with Gasteiger partial charge in [-0.05, 0) is 12.1 Å². The second kappa shape index (κ2) is 5.03. The van der Waals surface area contributed by atoms with Crippen molar-refractivity contribution < 1.29 is 27.1 Å². The number of halogens is 4. The van der Waals surface area contributed by atoms with Crippen LogP contribution in [0.25, 0.3) is 0 Å². The zero-order valence-corrected chi connectivity index (χ0v) is 8.72. The van der Waals surface area contributed by atoms with E-state index in [9.17, 15) is 22.4 Å². The molecular formula is C10H9F4NO2. The molecule has 0 aromatic heterocycles. The number of carbonyl (C=O) groups excluding carboxylic acids is 1. The Hall–Kier alpha value is -1.79. The summed E-state index contributed by atoms with van der Waals surface area (Å²) in [7, 11) is 1.22. The maximum Gasteiger partial charge on any atom is 0.412 e. The normalized spacial score (nSPS) is 11.4. The molecule has 0 aliphatic heterocycles. The zero-order valence-electron chi connectivity index (χ0n) is 8.72. The average Bonchev–Trinajstić information content (AvgIpc) is 2.29. The van der Waals surface area contributed by atoms with Crippen LogP contribution in [0.1, 0.15) is 5.56 Å². The number of rotatable bonds is 3. The molecule has 1 aromatic carbocycles. The summed E-state index contributed by atoms with van der Waals surface area (Å²) >= 11 is 0. The summed E-state index contributed by atoms with van der Waals surface area (Å²) in [6.45, 7) is 0. The van der Waals surface area contributed by atoms with E-state index in [1.54, 1.807) is 0 Å². The van der Waals surface area contributed by atoms with Gasteiger partial charge in [-0.25, -0.2) is 13.6 Å². The first kappa shape index (κ1) is 13.3. The van der Waals surface area contributed by atoms with E-state index >= 15 is 0 Å². The molecule has 0 heterocycles. The van der Waals surface area contributed by atoms with Gasteiger partial charge in [0.15, 0.2) is 0 Å². The summed E-state index contributed by atoms with van der Waals surface area (Å²) in [6, 6.07) is 4.25. The summed E-state index contributed by atoms with van der Waals surface area (Å²) < 4.78 is 55.1. The molecule has 0 aliphatic rings. The fourth-order valence-corrected chi connectivity index (χ4v) is 1.10. The zero-order chi connectivity index (χ0) is 13.1. The van der Waals surface area contributed by atoms with Crippen molar-refractivity contribution in [3.8, 4) is 5.75 Å². The number of alkyl halides is 4. The maximum absolute atomic E-state index is 13.1. The monoisotopic (exact) mass is 251 g/mol. The summed E-state index contributed by atoms with van der Waals surface area (Å²) in [5.41, 5.74) is -1.03. The summed E-state index contributed by atoms with van der Waals surface area (Å²) in [6.07, 6.45) is -4.89. The summed E-state index contributed by atoms with van der Waals surface area (Å²) in [5.74, 6) is -4.97. The highest BCUT2D eigenvalue weighted by atomic mass is 19.3. The predicted octanol–water partition coefficient (Wildman–Crippen LogP) is 2.76. The Morgan fingerprint density at radius 2 is 1.94 bits per heavy atom. The third kappa shape index (κ3) is 2.86. The van der Waals surface area contributed by atoms with Crippen LogP contribution in [0, 0.1) is 0 Å². The number of nitrogens with one attached hydrogen (secondary N) is 1. The highest BCUT2D eigenvalue weighted by Crippen LogP contribution is 2.39. The van der Waals surface area contributed by atoms with Crippen LogP contribution in [-0.4, -0.2) is 19.6 Å². The van der Waals surface area contributed by atoms with Gasteiger partial charge in [0.1, 0.15) is 5.75 Å². The molecule has 0 unspecified atom stereocenters. The topological polar surface area (TPSA) is 38.3 Å². The van der Waals surface area contributed by atoms with Gasteiger partial charge >= 0.3 is 18.4 Å². The van der Waals surface area contributed by atoms with Crippen LogP contribution in [0.3, 0.4) is 0 Å². The van der Waals surface area contributed by atoms with Crippen LogP contribution >= 0.6 is 0 Å². The molecule has 17 heavy (non-hydrogen) atoms. The van der Waals surface area contributed by atoms with E-state index in [1.807, 2.05) is 5.32 Å². The molecule has 0 atom stereocenters. The standard InChI is InChI=1S/C10H9F4NO2/c1-15-9(16)17-7-5-3-2-4-6(7)10(13,14)8(11)12/h2-5,8H,1H3,(H,15,16). The van der Waals surface area contributed by atoms with Crippen molar-refractivity contribution in [1.29, 1.82) is 0 Å². The van der Waals surface area contributed by atoms with Gasteiger partial charge in [-0.3, -0.25) is 0 Å². The average molecular weight is 251 g/mol. The number of ether oxygens (including phenoxy) is 1. The van der Waals surface area contributed by atoms with Gasteiger partial charge in [-0.2, -0.15) is 8.78 Å². The Labute approximate surface area is 94.4 Å². The molecule has 3 nitrogen and oxygen atoms in total. The van der Waals surface area contributed by atoms with Gasteiger partial charge in [-0.15, -0.1) is 0 Å². The highest BCUT2D eigenvalue weighted by Gasteiger charge is 2.45. The lowest BCUT2D eigenvalue weighted by Gasteiger charge is -2.18. The highest BCUT2D eigenvalue weighted by molar-refractivity contribution is 5.70. The van der Waals surface area contributed by atoms with Crippen molar-refractivity contribution in [3.63, 3.8) is 0 Å². The number of para-hydroxylation sites is 1. The molecule has 0 spiro atoms. The van der Waals surface area contributed by atoms with E-state index in [1.165, 1.54) is 13.1 Å². The van der Waals surface area contributed by atoms with Crippen LogP contribution in [0.5, 0.6) is 5.75 Å². The molecule has 1 aromatic rings. The minimum atomic E-state index is -4.37. The summed E-state index contributed by atoms with van der Waals surface area (Å²) in [4.78, 5) is 10.9. The summed E-state index contributed by atoms with van der Waals surface area (Å²) in [5, 5.41) is 2.03. The molecule has 1 amide bonds. The molecular weight excluding hydrogens is 242 g/mol. The lowest BCUT2D eigenvalue weighted by molar-refractivity contribution is -0.135. The number of amides is 1. The van der Waals surface area contributed by atoms with Crippen LogP contribution in [0.15, 0.2) is 24.3 Å². The Balaban J connectivity index is 3.12. The van der Waals surface area contributed by atoms with E-state index in [0.717, 1.165) is 18.2 Å². The third-order valence-electron chi connectivity index (χ3n) is 1.93. The predicted molar refractivity (Wildman–Crippen MR) is 51.4 cm³/mol. The van der Waals surface area contributed by atoms with E-state index in [4.69, 9.17) is 0 Å². The Bertz CT molecular complexity index is 409. The van der Waals surface area contributed by atoms with E-state index in [0.29, 0.717) is 0 Å².